The molecule has 0 spiro atoms. The Hall–Kier alpha value is -2.23. The smallest absolute Gasteiger partial charge is 0.224 e. The van der Waals surface area contributed by atoms with E-state index in [1.807, 2.05) is 0 Å². The summed E-state index contributed by atoms with van der Waals surface area (Å²) in [5.74, 6) is 0.594. The summed E-state index contributed by atoms with van der Waals surface area (Å²) < 4.78 is 0. The van der Waals surface area contributed by atoms with Crippen LogP contribution in [0.25, 0.3) is 21.9 Å². The Kier molecular flexibility index (Phi) is 2.14. The zero-order valence-corrected chi connectivity index (χ0v) is 9.73. The molecule has 1 aromatic carbocycles. The molecular weight excluding hydrogens is 212 g/mol. The predicted molar refractivity (Wildman–Crippen MR) is 69.1 cm³/mol. The highest BCUT2D eigenvalue weighted by Gasteiger charge is 2.02. The first kappa shape index (κ1) is 9.96. The maximum absolute atomic E-state index is 4.56. The number of fused-ring (bicyclic) bond motifs is 2. The van der Waals surface area contributed by atoms with Crippen molar-refractivity contribution in [1.82, 2.24) is 15.0 Å². The van der Waals surface area contributed by atoms with Crippen molar-refractivity contribution in [1.29, 1.82) is 0 Å². The Labute approximate surface area is 98.7 Å². The van der Waals surface area contributed by atoms with Crippen molar-refractivity contribution >= 4 is 27.9 Å². The minimum absolute atomic E-state index is 0.594. The average Bonchev–Trinajstić information content (AvgIpc) is 2.35. The summed E-state index contributed by atoms with van der Waals surface area (Å²) in [5.41, 5.74) is 2.90. The van der Waals surface area contributed by atoms with E-state index in [-0.39, 0.29) is 0 Å². The van der Waals surface area contributed by atoms with Gasteiger partial charge in [-0.05, 0) is 24.6 Å². The highest BCUT2D eigenvalue weighted by molar-refractivity contribution is 5.91. The molecule has 2 heterocycles. The van der Waals surface area contributed by atoms with E-state index in [9.17, 15) is 0 Å². The van der Waals surface area contributed by atoms with Gasteiger partial charge in [-0.25, -0.2) is 9.97 Å². The second-order valence-electron chi connectivity index (χ2n) is 4.04. The van der Waals surface area contributed by atoms with Crippen LogP contribution in [0.4, 0.5) is 5.95 Å². The number of anilines is 1. The van der Waals surface area contributed by atoms with Crippen molar-refractivity contribution in [3.63, 3.8) is 0 Å². The van der Waals surface area contributed by atoms with Gasteiger partial charge in [0, 0.05) is 24.0 Å². The molecule has 17 heavy (non-hydrogen) atoms. The SMILES string of the molecule is CNc1ncc2cc3ccc(C)cc3nc2n1. The fourth-order valence-corrected chi connectivity index (χ4v) is 1.85. The Morgan fingerprint density at radius 2 is 1.94 bits per heavy atom. The van der Waals surface area contributed by atoms with Crippen LogP contribution in [0.1, 0.15) is 5.56 Å². The molecule has 0 radical (unpaired) electrons. The molecule has 0 saturated carbocycles. The van der Waals surface area contributed by atoms with Crippen LogP contribution in [0.2, 0.25) is 0 Å². The summed E-state index contributed by atoms with van der Waals surface area (Å²) in [5, 5.41) is 4.99. The van der Waals surface area contributed by atoms with Crippen LogP contribution in [0.5, 0.6) is 0 Å². The van der Waals surface area contributed by atoms with Gasteiger partial charge in [0.15, 0.2) is 5.65 Å². The molecule has 84 valence electrons. The first-order valence-electron chi connectivity index (χ1n) is 5.48. The third-order valence-electron chi connectivity index (χ3n) is 2.74. The Balaban J connectivity index is 2.36. The van der Waals surface area contributed by atoms with Crippen molar-refractivity contribution in [2.45, 2.75) is 6.92 Å². The first-order chi connectivity index (χ1) is 8.26. The van der Waals surface area contributed by atoms with Crippen LogP contribution in [0, 0.1) is 6.92 Å². The minimum Gasteiger partial charge on any atom is -0.357 e. The van der Waals surface area contributed by atoms with Crippen LogP contribution in [0.3, 0.4) is 0 Å². The maximum atomic E-state index is 4.56. The lowest BCUT2D eigenvalue weighted by atomic mass is 10.1. The molecule has 0 amide bonds. The summed E-state index contributed by atoms with van der Waals surface area (Å²) in [6.45, 7) is 2.06. The van der Waals surface area contributed by atoms with E-state index in [2.05, 4.69) is 51.5 Å². The number of pyridine rings is 1. The van der Waals surface area contributed by atoms with Crippen LogP contribution < -0.4 is 5.32 Å². The van der Waals surface area contributed by atoms with E-state index < -0.39 is 0 Å². The van der Waals surface area contributed by atoms with Gasteiger partial charge < -0.3 is 5.32 Å². The summed E-state index contributed by atoms with van der Waals surface area (Å²) in [6.07, 6.45) is 1.79. The summed E-state index contributed by atoms with van der Waals surface area (Å²) >= 11 is 0. The van der Waals surface area contributed by atoms with Crippen molar-refractivity contribution in [3.8, 4) is 0 Å². The third kappa shape index (κ3) is 1.67. The number of benzene rings is 1. The standard InChI is InChI=1S/C13H12N4/c1-8-3-4-9-6-10-7-15-13(14-2)17-12(10)16-11(9)5-8/h3-7H,1-2H3,(H,14,15,16,17). The fourth-order valence-electron chi connectivity index (χ4n) is 1.85. The zero-order chi connectivity index (χ0) is 11.8. The van der Waals surface area contributed by atoms with Gasteiger partial charge in [0.05, 0.1) is 5.52 Å². The molecule has 4 heteroatoms. The normalized spacial score (nSPS) is 10.9. The Bertz CT molecular complexity index is 706. The molecule has 0 atom stereocenters. The van der Waals surface area contributed by atoms with Gasteiger partial charge in [0.2, 0.25) is 5.95 Å². The lowest BCUT2D eigenvalue weighted by Gasteiger charge is -2.03. The number of aryl methyl sites for hydroxylation is 1. The monoisotopic (exact) mass is 224 g/mol. The quantitative estimate of drug-likeness (QED) is 0.645. The van der Waals surface area contributed by atoms with Gasteiger partial charge in [-0.2, -0.15) is 4.98 Å². The number of aromatic nitrogens is 3. The molecule has 0 aliphatic heterocycles. The highest BCUT2D eigenvalue weighted by atomic mass is 15.1. The summed E-state index contributed by atoms with van der Waals surface area (Å²) in [7, 11) is 1.80. The van der Waals surface area contributed by atoms with E-state index in [1.165, 1.54) is 5.56 Å². The molecule has 0 aliphatic rings. The average molecular weight is 224 g/mol. The van der Waals surface area contributed by atoms with Gasteiger partial charge in [0.1, 0.15) is 0 Å². The number of hydrogen-bond acceptors (Lipinski definition) is 4. The number of rotatable bonds is 1. The van der Waals surface area contributed by atoms with Gasteiger partial charge in [-0.3, -0.25) is 0 Å². The van der Waals surface area contributed by atoms with Gasteiger partial charge in [0.25, 0.3) is 0 Å². The molecule has 0 bridgehead atoms. The fraction of sp³-hybridized carbons (Fsp3) is 0.154. The first-order valence-corrected chi connectivity index (χ1v) is 5.48. The summed E-state index contributed by atoms with van der Waals surface area (Å²) in [6, 6.07) is 8.29. The van der Waals surface area contributed by atoms with Crippen LogP contribution in [0.15, 0.2) is 30.5 Å². The van der Waals surface area contributed by atoms with Crippen molar-refractivity contribution in [2.75, 3.05) is 12.4 Å². The van der Waals surface area contributed by atoms with Gasteiger partial charge in [-0.15, -0.1) is 0 Å². The van der Waals surface area contributed by atoms with E-state index in [1.54, 1.807) is 13.2 Å². The number of nitrogens with zero attached hydrogens (tertiary/aromatic N) is 3. The molecule has 0 unspecified atom stereocenters. The molecule has 4 nitrogen and oxygen atoms in total. The van der Waals surface area contributed by atoms with E-state index in [4.69, 9.17) is 0 Å². The van der Waals surface area contributed by atoms with E-state index in [0.717, 1.165) is 21.9 Å². The Morgan fingerprint density at radius 3 is 2.76 bits per heavy atom. The Morgan fingerprint density at radius 1 is 1.06 bits per heavy atom. The number of nitrogens with one attached hydrogen (secondary N) is 1. The molecule has 0 fully saturated rings. The van der Waals surface area contributed by atoms with Crippen LogP contribution >= 0.6 is 0 Å². The zero-order valence-electron chi connectivity index (χ0n) is 9.73. The molecule has 3 aromatic rings. The molecule has 2 aromatic heterocycles. The maximum Gasteiger partial charge on any atom is 0.224 e. The second-order valence-corrected chi connectivity index (χ2v) is 4.04. The van der Waals surface area contributed by atoms with Crippen LogP contribution in [-0.2, 0) is 0 Å². The summed E-state index contributed by atoms with van der Waals surface area (Å²) in [4.78, 5) is 13.1. The molecule has 0 aliphatic carbocycles. The van der Waals surface area contributed by atoms with Crippen molar-refractivity contribution in [2.24, 2.45) is 0 Å². The van der Waals surface area contributed by atoms with Gasteiger partial charge in [-0.1, -0.05) is 12.1 Å². The van der Waals surface area contributed by atoms with Crippen molar-refractivity contribution < 1.29 is 0 Å². The molecule has 1 N–H and O–H groups in total. The molecule has 0 saturated heterocycles. The third-order valence-corrected chi connectivity index (χ3v) is 2.74. The lowest BCUT2D eigenvalue weighted by Crippen LogP contribution is -1.97. The minimum atomic E-state index is 0.594. The van der Waals surface area contributed by atoms with E-state index in [0.29, 0.717) is 5.95 Å². The largest absolute Gasteiger partial charge is 0.357 e. The lowest BCUT2D eigenvalue weighted by molar-refractivity contribution is 1.17. The second kappa shape index (κ2) is 3.66. The topological polar surface area (TPSA) is 50.7 Å². The molecule has 3 rings (SSSR count). The van der Waals surface area contributed by atoms with E-state index >= 15 is 0 Å². The predicted octanol–water partition coefficient (Wildman–Crippen LogP) is 2.53. The highest BCUT2D eigenvalue weighted by Crippen LogP contribution is 2.19. The number of hydrogen-bond donors (Lipinski definition) is 1. The van der Waals surface area contributed by atoms with Crippen molar-refractivity contribution in [3.05, 3.63) is 36.0 Å². The van der Waals surface area contributed by atoms with Gasteiger partial charge >= 0.3 is 0 Å². The molecular formula is C13H12N4. The van der Waals surface area contributed by atoms with Crippen LogP contribution in [-0.4, -0.2) is 22.0 Å².